The number of hydrogen-bond acceptors (Lipinski definition) is 2. The van der Waals surface area contributed by atoms with Gasteiger partial charge in [0.05, 0.1) is 0 Å². The highest BCUT2D eigenvalue weighted by Crippen LogP contribution is 2.24. The fraction of sp³-hybridized carbons (Fsp3) is 0.571. The molecule has 100 valence electrons. The van der Waals surface area contributed by atoms with Crippen molar-refractivity contribution in [2.75, 3.05) is 31.1 Å². The van der Waals surface area contributed by atoms with E-state index < -0.39 is 0 Å². The summed E-state index contributed by atoms with van der Waals surface area (Å²) in [5.74, 6) is 0.146. The molecule has 4 heteroatoms. The molecule has 1 saturated heterocycles. The molecule has 0 aromatic heterocycles. The maximum absolute atomic E-state index is 13.2. The van der Waals surface area contributed by atoms with Gasteiger partial charge in [0.25, 0.3) is 0 Å². The second-order valence-electron chi connectivity index (χ2n) is 5.02. The summed E-state index contributed by atoms with van der Waals surface area (Å²) in [4.78, 5) is 4.76. The van der Waals surface area contributed by atoms with Crippen LogP contribution in [0.15, 0.2) is 18.2 Å². The van der Waals surface area contributed by atoms with Gasteiger partial charge in [-0.3, -0.25) is 4.90 Å². The molecule has 1 heterocycles. The van der Waals surface area contributed by atoms with Gasteiger partial charge in [0.15, 0.2) is 0 Å². The smallest absolute Gasteiger partial charge is 0.123 e. The van der Waals surface area contributed by atoms with Crippen molar-refractivity contribution in [3.8, 4) is 0 Å². The highest BCUT2D eigenvalue weighted by Gasteiger charge is 2.20. The summed E-state index contributed by atoms with van der Waals surface area (Å²) >= 11 is 5.90. The van der Waals surface area contributed by atoms with E-state index in [1.807, 2.05) is 6.07 Å². The van der Waals surface area contributed by atoms with Gasteiger partial charge < -0.3 is 4.90 Å². The first kappa shape index (κ1) is 13.6. The lowest BCUT2D eigenvalue weighted by Gasteiger charge is -2.38. The van der Waals surface area contributed by atoms with Crippen molar-refractivity contribution in [3.05, 3.63) is 29.6 Å². The van der Waals surface area contributed by atoms with Crippen LogP contribution in [0, 0.1) is 5.82 Å². The fourth-order valence-electron chi connectivity index (χ4n) is 2.45. The van der Waals surface area contributed by atoms with Crippen LogP contribution in [0.3, 0.4) is 0 Å². The molecule has 2 rings (SSSR count). The topological polar surface area (TPSA) is 6.48 Å². The molecular weight excluding hydrogens is 251 g/mol. The molecule has 0 spiro atoms. The molecule has 0 saturated carbocycles. The molecule has 0 unspecified atom stereocenters. The van der Waals surface area contributed by atoms with Gasteiger partial charge in [-0.25, -0.2) is 4.39 Å². The van der Waals surface area contributed by atoms with Gasteiger partial charge in [-0.05, 0) is 37.6 Å². The number of nitrogens with zero attached hydrogens (tertiary/aromatic N) is 2. The van der Waals surface area contributed by atoms with E-state index in [1.165, 1.54) is 12.1 Å². The minimum Gasteiger partial charge on any atom is -0.369 e. The van der Waals surface area contributed by atoms with E-state index in [-0.39, 0.29) is 5.82 Å². The SMILES string of the molecule is CC(C)N1CCN(c2ccc(F)cc2CCl)CC1. The first-order chi connectivity index (χ1) is 8.61. The van der Waals surface area contributed by atoms with Crippen LogP contribution >= 0.6 is 11.6 Å². The van der Waals surface area contributed by atoms with Gasteiger partial charge in [0.1, 0.15) is 5.82 Å². The molecule has 1 aliphatic rings. The summed E-state index contributed by atoms with van der Waals surface area (Å²) in [7, 11) is 0. The lowest BCUT2D eigenvalue weighted by atomic mass is 10.1. The number of piperazine rings is 1. The number of rotatable bonds is 3. The zero-order chi connectivity index (χ0) is 13.1. The second-order valence-corrected chi connectivity index (χ2v) is 5.29. The van der Waals surface area contributed by atoms with Crippen molar-refractivity contribution in [2.24, 2.45) is 0 Å². The third-order valence-electron chi connectivity index (χ3n) is 3.57. The summed E-state index contributed by atoms with van der Waals surface area (Å²) in [6.45, 7) is 8.50. The summed E-state index contributed by atoms with van der Waals surface area (Å²) in [6.07, 6.45) is 0. The largest absolute Gasteiger partial charge is 0.369 e. The molecule has 0 bridgehead atoms. The molecule has 0 amide bonds. The standard InChI is InChI=1S/C14H20ClFN2/c1-11(2)17-5-7-18(8-6-17)14-4-3-13(16)9-12(14)10-15/h3-4,9,11H,5-8,10H2,1-2H3. The zero-order valence-corrected chi connectivity index (χ0v) is 11.8. The molecule has 18 heavy (non-hydrogen) atoms. The van der Waals surface area contributed by atoms with Crippen LogP contribution in [0.25, 0.3) is 0 Å². The van der Waals surface area contributed by atoms with Gasteiger partial charge in [-0.1, -0.05) is 0 Å². The van der Waals surface area contributed by atoms with Crippen LogP contribution < -0.4 is 4.90 Å². The number of benzene rings is 1. The molecule has 1 aromatic rings. The number of alkyl halides is 1. The first-order valence-electron chi connectivity index (χ1n) is 6.45. The monoisotopic (exact) mass is 270 g/mol. The van der Waals surface area contributed by atoms with Crippen LogP contribution in [0.4, 0.5) is 10.1 Å². The van der Waals surface area contributed by atoms with E-state index in [1.54, 1.807) is 0 Å². The predicted molar refractivity (Wildman–Crippen MR) is 74.9 cm³/mol. The lowest BCUT2D eigenvalue weighted by Crippen LogP contribution is -2.49. The third-order valence-corrected chi connectivity index (χ3v) is 3.86. The summed E-state index contributed by atoms with van der Waals surface area (Å²) in [5.41, 5.74) is 1.96. The fourth-order valence-corrected chi connectivity index (χ4v) is 2.66. The first-order valence-corrected chi connectivity index (χ1v) is 6.98. The van der Waals surface area contributed by atoms with E-state index in [0.717, 1.165) is 37.4 Å². The molecule has 1 aliphatic heterocycles. The maximum Gasteiger partial charge on any atom is 0.123 e. The molecule has 1 aromatic carbocycles. The molecule has 1 fully saturated rings. The molecule has 2 nitrogen and oxygen atoms in total. The third kappa shape index (κ3) is 2.96. The molecule has 0 N–H and O–H groups in total. The van der Waals surface area contributed by atoms with E-state index in [0.29, 0.717) is 11.9 Å². The van der Waals surface area contributed by atoms with Crippen LogP contribution in [0.5, 0.6) is 0 Å². The van der Waals surface area contributed by atoms with Crippen LogP contribution in [0.1, 0.15) is 19.4 Å². The normalized spacial score (nSPS) is 17.5. The second kappa shape index (κ2) is 5.89. The summed E-state index contributed by atoms with van der Waals surface area (Å²) in [6, 6.07) is 5.49. The number of halogens is 2. The molecule has 0 atom stereocenters. The Morgan fingerprint density at radius 1 is 1.22 bits per heavy atom. The van der Waals surface area contributed by atoms with E-state index in [2.05, 4.69) is 23.6 Å². The number of anilines is 1. The van der Waals surface area contributed by atoms with Crippen LogP contribution in [-0.4, -0.2) is 37.1 Å². The average Bonchev–Trinajstić information content (AvgIpc) is 2.38. The van der Waals surface area contributed by atoms with Gasteiger partial charge in [0, 0.05) is 43.8 Å². The van der Waals surface area contributed by atoms with Crippen molar-refractivity contribution in [3.63, 3.8) is 0 Å². The van der Waals surface area contributed by atoms with Gasteiger partial charge in [0.2, 0.25) is 0 Å². The Morgan fingerprint density at radius 3 is 2.44 bits per heavy atom. The summed E-state index contributed by atoms with van der Waals surface area (Å²) in [5, 5.41) is 0. The van der Waals surface area contributed by atoms with E-state index >= 15 is 0 Å². The van der Waals surface area contributed by atoms with E-state index in [4.69, 9.17) is 11.6 Å². The van der Waals surface area contributed by atoms with Gasteiger partial charge >= 0.3 is 0 Å². The van der Waals surface area contributed by atoms with Crippen molar-refractivity contribution in [1.29, 1.82) is 0 Å². The van der Waals surface area contributed by atoms with Gasteiger partial charge in [-0.2, -0.15) is 0 Å². The molecule has 0 aliphatic carbocycles. The Bertz CT molecular complexity index is 401. The molecule has 0 radical (unpaired) electrons. The minimum atomic E-state index is -0.213. The predicted octanol–water partition coefficient (Wildman–Crippen LogP) is 3.09. The summed E-state index contributed by atoms with van der Waals surface area (Å²) < 4.78 is 13.2. The van der Waals surface area contributed by atoms with Crippen molar-refractivity contribution < 1.29 is 4.39 Å². The van der Waals surface area contributed by atoms with E-state index in [9.17, 15) is 4.39 Å². The van der Waals surface area contributed by atoms with Crippen LogP contribution in [0.2, 0.25) is 0 Å². The Hall–Kier alpha value is -0.800. The van der Waals surface area contributed by atoms with Crippen molar-refractivity contribution in [1.82, 2.24) is 4.90 Å². The molecular formula is C14H20ClFN2. The lowest BCUT2D eigenvalue weighted by molar-refractivity contribution is 0.209. The van der Waals surface area contributed by atoms with Crippen molar-refractivity contribution in [2.45, 2.75) is 25.8 Å². The average molecular weight is 271 g/mol. The Morgan fingerprint density at radius 2 is 1.89 bits per heavy atom. The highest BCUT2D eigenvalue weighted by molar-refractivity contribution is 6.17. The highest BCUT2D eigenvalue weighted by atomic mass is 35.5. The maximum atomic E-state index is 13.2. The van der Waals surface area contributed by atoms with Crippen molar-refractivity contribution >= 4 is 17.3 Å². The van der Waals surface area contributed by atoms with Gasteiger partial charge in [-0.15, -0.1) is 11.6 Å². The Kier molecular flexibility index (Phi) is 4.46. The Labute approximate surface area is 113 Å². The quantitative estimate of drug-likeness (QED) is 0.779. The minimum absolute atomic E-state index is 0.213. The number of hydrogen-bond donors (Lipinski definition) is 0. The van der Waals surface area contributed by atoms with Crippen LogP contribution in [-0.2, 0) is 5.88 Å². The Balaban J connectivity index is 2.09. The zero-order valence-electron chi connectivity index (χ0n) is 11.0.